The topological polar surface area (TPSA) is 12.9 Å². The molecule has 0 fully saturated rings. The van der Waals surface area contributed by atoms with Crippen LogP contribution in [0.15, 0.2) is 24.5 Å². The number of nitrogens with zero attached hydrogens (tertiary/aromatic N) is 1. The molecule has 0 atom stereocenters. The molecule has 0 aliphatic rings. The van der Waals surface area contributed by atoms with Crippen LogP contribution in [0.4, 0.5) is 0 Å². The monoisotopic (exact) mass is 241 g/mol. The van der Waals surface area contributed by atoms with Gasteiger partial charge in [0.15, 0.2) is 0 Å². The molecule has 46 valence electrons. The zero-order chi connectivity index (χ0) is 4.24. The van der Waals surface area contributed by atoms with Crippen molar-refractivity contribution >= 4 is 0 Å². The maximum absolute atomic E-state index is 3.73. The van der Waals surface area contributed by atoms with Crippen LogP contribution in [0.3, 0.4) is 0 Å². The van der Waals surface area contributed by atoms with E-state index in [1.807, 2.05) is 12.1 Å². The number of rotatable bonds is 0. The van der Waals surface area contributed by atoms with Crippen molar-refractivity contribution in [1.82, 2.24) is 4.98 Å². The van der Waals surface area contributed by atoms with Crippen molar-refractivity contribution in [1.29, 1.82) is 0 Å². The van der Waals surface area contributed by atoms with Crippen LogP contribution in [-0.2, 0) is 0 Å². The summed E-state index contributed by atoms with van der Waals surface area (Å²) in [6.07, 6.45) is 3.34. The normalized spacial score (nSPS) is 5.33. The number of hydrogen-bond acceptors (Lipinski definition) is 1. The molecular formula is C7H10CsN-2. The molecule has 1 heterocycles. The van der Waals surface area contributed by atoms with Crippen molar-refractivity contribution < 1.29 is 68.9 Å². The Balaban J connectivity index is -0.000000120. The number of hydrogen-bond donors (Lipinski definition) is 0. The van der Waals surface area contributed by atoms with Crippen LogP contribution in [0, 0.1) is 20.9 Å². The standard InChI is InChI=1S/C5H4N.2CH3.Cs/c1-2-4-6-5-3-1;;;/h1-2,4-5H;2*1H3;/q3*-1;+1. The van der Waals surface area contributed by atoms with E-state index in [9.17, 15) is 0 Å². The minimum atomic E-state index is 0. The number of aromatic nitrogens is 1. The van der Waals surface area contributed by atoms with Crippen LogP contribution in [0.2, 0.25) is 0 Å². The second kappa shape index (κ2) is 11.9. The summed E-state index contributed by atoms with van der Waals surface area (Å²) >= 11 is 0. The van der Waals surface area contributed by atoms with Crippen LogP contribution in [0.1, 0.15) is 0 Å². The zero-order valence-corrected chi connectivity index (χ0v) is 12.5. The molecular weight excluding hydrogens is 231 g/mol. The van der Waals surface area contributed by atoms with Gasteiger partial charge >= 0.3 is 68.9 Å². The average molecular weight is 241 g/mol. The predicted molar refractivity (Wildman–Crippen MR) is 35.9 cm³/mol. The summed E-state index contributed by atoms with van der Waals surface area (Å²) in [4.78, 5) is 3.73. The van der Waals surface area contributed by atoms with E-state index in [1.165, 1.54) is 0 Å². The van der Waals surface area contributed by atoms with E-state index < -0.39 is 0 Å². The summed E-state index contributed by atoms with van der Waals surface area (Å²) < 4.78 is 0. The van der Waals surface area contributed by atoms with Gasteiger partial charge in [0.25, 0.3) is 0 Å². The summed E-state index contributed by atoms with van der Waals surface area (Å²) in [7, 11) is 0. The fourth-order valence-corrected chi connectivity index (χ4v) is 0.277. The average Bonchev–Trinajstić information content (AvgIpc) is 1.72. The van der Waals surface area contributed by atoms with E-state index in [-0.39, 0.29) is 83.7 Å². The van der Waals surface area contributed by atoms with Crippen molar-refractivity contribution in [3.05, 3.63) is 45.4 Å². The summed E-state index contributed by atoms with van der Waals surface area (Å²) in [6, 6.07) is 6.43. The molecule has 0 aliphatic carbocycles. The molecule has 1 rings (SSSR count). The first-order valence-corrected chi connectivity index (χ1v) is 1.76. The number of pyridine rings is 1. The maximum Gasteiger partial charge on any atom is 1.00 e. The van der Waals surface area contributed by atoms with E-state index >= 15 is 0 Å². The molecule has 0 saturated heterocycles. The van der Waals surface area contributed by atoms with Gasteiger partial charge in [-0.3, -0.25) is 0 Å². The third-order valence-electron chi connectivity index (χ3n) is 0.514. The third kappa shape index (κ3) is 9.20. The predicted octanol–water partition coefficient (Wildman–Crippen LogP) is -1.21. The largest absolute Gasteiger partial charge is 1.00 e. The molecule has 0 aliphatic heterocycles. The molecule has 0 saturated carbocycles. The summed E-state index contributed by atoms with van der Waals surface area (Å²) in [5.74, 6) is 0. The van der Waals surface area contributed by atoms with Crippen LogP contribution < -0.4 is 68.9 Å². The molecule has 0 spiro atoms. The minimum Gasteiger partial charge on any atom is -0.358 e. The first kappa shape index (κ1) is 16.7. The van der Waals surface area contributed by atoms with Crippen LogP contribution >= 0.6 is 0 Å². The van der Waals surface area contributed by atoms with Gasteiger partial charge in [-0.05, 0) is 0 Å². The smallest absolute Gasteiger partial charge is 0.358 e. The van der Waals surface area contributed by atoms with Gasteiger partial charge in [-0.1, -0.05) is 12.4 Å². The first-order chi connectivity index (χ1) is 3.00. The maximum atomic E-state index is 3.73. The van der Waals surface area contributed by atoms with Gasteiger partial charge in [0.2, 0.25) is 0 Å². The Labute approximate surface area is 117 Å². The molecule has 1 aromatic heterocycles. The van der Waals surface area contributed by atoms with E-state index in [0.29, 0.717) is 0 Å². The molecule has 0 amide bonds. The molecule has 0 unspecified atom stereocenters. The SMILES string of the molecule is [CH3-].[CH3-].[Cs+].[c-]1cccnc1. The molecule has 9 heavy (non-hydrogen) atoms. The van der Waals surface area contributed by atoms with E-state index in [4.69, 9.17) is 0 Å². The molecule has 0 aromatic carbocycles. The summed E-state index contributed by atoms with van der Waals surface area (Å²) in [5.41, 5.74) is 0. The Morgan fingerprint density at radius 1 is 1.22 bits per heavy atom. The van der Waals surface area contributed by atoms with Crippen molar-refractivity contribution in [3.8, 4) is 0 Å². The Hall–Kier alpha value is 1.20. The van der Waals surface area contributed by atoms with Gasteiger partial charge in [-0.15, -0.1) is 0 Å². The fourth-order valence-electron chi connectivity index (χ4n) is 0.277. The summed E-state index contributed by atoms with van der Waals surface area (Å²) in [6.45, 7) is 0. The summed E-state index contributed by atoms with van der Waals surface area (Å²) in [5, 5.41) is 0. The quantitative estimate of drug-likeness (QED) is 0.519. The molecule has 1 nitrogen and oxygen atoms in total. The van der Waals surface area contributed by atoms with E-state index in [0.717, 1.165) is 0 Å². The van der Waals surface area contributed by atoms with Gasteiger partial charge in [0.05, 0.1) is 0 Å². The van der Waals surface area contributed by atoms with Crippen LogP contribution in [-0.4, -0.2) is 4.98 Å². The Bertz CT molecular complexity index is 80.8. The molecule has 0 bridgehead atoms. The Morgan fingerprint density at radius 3 is 2.00 bits per heavy atom. The second-order valence-electron chi connectivity index (χ2n) is 0.953. The second-order valence-corrected chi connectivity index (χ2v) is 0.953. The van der Waals surface area contributed by atoms with Gasteiger partial charge < -0.3 is 19.8 Å². The van der Waals surface area contributed by atoms with Crippen LogP contribution in [0.25, 0.3) is 0 Å². The molecule has 2 heteroatoms. The first-order valence-electron chi connectivity index (χ1n) is 1.76. The molecule has 0 N–H and O–H groups in total. The van der Waals surface area contributed by atoms with Crippen molar-refractivity contribution in [3.63, 3.8) is 0 Å². The van der Waals surface area contributed by atoms with Crippen molar-refractivity contribution in [2.75, 3.05) is 0 Å². The van der Waals surface area contributed by atoms with Gasteiger partial charge in [-0.25, -0.2) is 12.1 Å². The van der Waals surface area contributed by atoms with Gasteiger partial charge in [0, 0.05) is 0 Å². The fraction of sp³-hybridized carbons (Fsp3) is 0. The van der Waals surface area contributed by atoms with Gasteiger partial charge in [-0.2, -0.15) is 6.07 Å². The Kier molecular flexibility index (Phi) is 22.1. The van der Waals surface area contributed by atoms with Crippen LogP contribution in [0.5, 0.6) is 0 Å². The van der Waals surface area contributed by atoms with E-state index in [2.05, 4.69) is 11.1 Å². The molecule has 0 radical (unpaired) electrons. The zero-order valence-electron chi connectivity index (χ0n) is 6.26. The van der Waals surface area contributed by atoms with Crippen molar-refractivity contribution in [2.45, 2.75) is 0 Å². The van der Waals surface area contributed by atoms with Gasteiger partial charge in [0.1, 0.15) is 0 Å². The minimum absolute atomic E-state index is 0. The third-order valence-corrected chi connectivity index (χ3v) is 0.514. The van der Waals surface area contributed by atoms with E-state index in [1.54, 1.807) is 12.4 Å². The Morgan fingerprint density at radius 2 is 1.89 bits per heavy atom. The molecule has 1 aromatic rings. The van der Waals surface area contributed by atoms with Crippen molar-refractivity contribution in [2.24, 2.45) is 0 Å².